The lowest BCUT2D eigenvalue weighted by Crippen LogP contribution is -2.16. The first-order chi connectivity index (χ1) is 17.8. The number of methoxy groups -OCH3 is 2. The van der Waals surface area contributed by atoms with Gasteiger partial charge in [-0.25, -0.2) is 0 Å². The summed E-state index contributed by atoms with van der Waals surface area (Å²) in [7, 11) is 3.52. The van der Waals surface area contributed by atoms with Crippen LogP contribution in [0.25, 0.3) is 32.9 Å². The molecule has 1 fully saturated rings. The Hall–Kier alpha value is -2.86. The predicted molar refractivity (Wildman–Crippen MR) is 150 cm³/mol. The third kappa shape index (κ3) is 4.65. The Kier molecular flexibility index (Phi) is 7.30. The molecule has 0 N–H and O–H groups in total. The molecule has 1 aliphatic carbocycles. The maximum absolute atomic E-state index is 5.93. The van der Waals surface area contributed by atoms with Gasteiger partial charge in [-0.3, -0.25) is 4.98 Å². The maximum Gasteiger partial charge on any atom is 0.141 e. The molecule has 1 aromatic carbocycles. The largest absolute Gasteiger partial charge is 0.496 e. The highest BCUT2D eigenvalue weighted by Crippen LogP contribution is 2.43. The van der Waals surface area contributed by atoms with Gasteiger partial charge in [-0.05, 0) is 76.0 Å². The third-order valence-electron chi connectivity index (χ3n) is 8.54. The molecule has 0 amide bonds. The van der Waals surface area contributed by atoms with Crippen LogP contribution in [0.1, 0.15) is 82.0 Å². The molecule has 3 aromatic heterocycles. The smallest absolute Gasteiger partial charge is 0.141 e. The monoisotopic (exact) mass is 503 g/mol. The van der Waals surface area contributed by atoms with Gasteiger partial charge in [-0.1, -0.05) is 31.8 Å². The molecule has 1 aliphatic rings. The van der Waals surface area contributed by atoms with E-state index in [1.54, 1.807) is 14.2 Å². The molecule has 3 unspecified atom stereocenters. The van der Waals surface area contributed by atoms with Crippen LogP contribution in [0.15, 0.2) is 28.9 Å². The van der Waals surface area contributed by atoms with Crippen molar-refractivity contribution < 1.29 is 14.0 Å². The number of ether oxygens (including phenoxy) is 2. The van der Waals surface area contributed by atoms with E-state index in [1.165, 1.54) is 48.7 Å². The van der Waals surface area contributed by atoms with Gasteiger partial charge in [0.15, 0.2) is 0 Å². The average molecular weight is 504 g/mol. The fourth-order valence-electron chi connectivity index (χ4n) is 6.58. The van der Waals surface area contributed by atoms with Crippen molar-refractivity contribution in [2.45, 2.75) is 78.7 Å². The zero-order valence-electron chi connectivity index (χ0n) is 23.4. The summed E-state index contributed by atoms with van der Waals surface area (Å²) in [6, 6.07) is 6.87. The van der Waals surface area contributed by atoms with Gasteiger partial charge < -0.3 is 18.6 Å². The summed E-state index contributed by atoms with van der Waals surface area (Å²) in [6.45, 7) is 11.6. The van der Waals surface area contributed by atoms with E-state index in [0.29, 0.717) is 12.5 Å². The molecular formula is C31H41N3O3. The molecule has 198 valence electrons. The number of hydrogen-bond donors (Lipinski definition) is 0. The maximum atomic E-state index is 5.93. The molecule has 3 atom stereocenters. The minimum Gasteiger partial charge on any atom is -0.496 e. The Morgan fingerprint density at radius 1 is 1.05 bits per heavy atom. The molecule has 3 heterocycles. The fraction of sp³-hybridized carbons (Fsp3) is 0.548. The van der Waals surface area contributed by atoms with Crippen molar-refractivity contribution >= 4 is 21.8 Å². The van der Waals surface area contributed by atoms with E-state index in [1.807, 2.05) is 20.0 Å². The highest BCUT2D eigenvalue weighted by Gasteiger charge is 2.27. The Labute approximate surface area is 220 Å². The summed E-state index contributed by atoms with van der Waals surface area (Å²) >= 11 is 0. The first-order valence-corrected chi connectivity index (χ1v) is 13.8. The second-order valence-electron chi connectivity index (χ2n) is 11.3. The van der Waals surface area contributed by atoms with E-state index in [-0.39, 0.29) is 6.04 Å². The van der Waals surface area contributed by atoms with Crippen LogP contribution >= 0.6 is 0 Å². The second kappa shape index (κ2) is 10.5. The van der Waals surface area contributed by atoms with Crippen molar-refractivity contribution in [1.82, 2.24) is 14.7 Å². The van der Waals surface area contributed by atoms with Gasteiger partial charge in [-0.15, -0.1) is 0 Å². The van der Waals surface area contributed by atoms with Gasteiger partial charge in [0.1, 0.15) is 11.5 Å². The topological polar surface area (TPSA) is 62.3 Å². The molecule has 6 heteroatoms. The minimum absolute atomic E-state index is 0.209. The third-order valence-corrected chi connectivity index (χ3v) is 8.54. The molecule has 0 bridgehead atoms. The number of hydrogen-bond acceptors (Lipinski definition) is 5. The van der Waals surface area contributed by atoms with Crippen molar-refractivity contribution in [3.8, 4) is 16.9 Å². The van der Waals surface area contributed by atoms with Gasteiger partial charge in [-0.2, -0.15) is 0 Å². The van der Waals surface area contributed by atoms with E-state index in [0.717, 1.165) is 51.1 Å². The SMILES string of the molecule is COCC(C)n1c(C2CCCC(C(C)C)CC2)cc2cnc3cc(-c4c(C)noc4C)c(OC)cc3c21. The van der Waals surface area contributed by atoms with Gasteiger partial charge in [0, 0.05) is 35.3 Å². The Morgan fingerprint density at radius 2 is 1.86 bits per heavy atom. The number of rotatable bonds is 7. The van der Waals surface area contributed by atoms with E-state index < -0.39 is 0 Å². The second-order valence-corrected chi connectivity index (χ2v) is 11.3. The molecule has 0 radical (unpaired) electrons. The first kappa shape index (κ1) is 25.8. The minimum atomic E-state index is 0.209. The van der Waals surface area contributed by atoms with Crippen molar-refractivity contribution in [2.75, 3.05) is 20.8 Å². The lowest BCUT2D eigenvalue weighted by Gasteiger charge is -2.24. The van der Waals surface area contributed by atoms with E-state index in [4.69, 9.17) is 19.0 Å². The predicted octanol–water partition coefficient (Wildman–Crippen LogP) is 8.00. The number of nitrogens with zero attached hydrogens (tertiary/aromatic N) is 3. The molecule has 6 nitrogen and oxygen atoms in total. The van der Waals surface area contributed by atoms with E-state index in [2.05, 4.69) is 48.7 Å². The molecule has 0 spiro atoms. The number of pyridine rings is 1. The van der Waals surface area contributed by atoms with Crippen molar-refractivity contribution in [3.63, 3.8) is 0 Å². The molecule has 0 saturated heterocycles. The highest BCUT2D eigenvalue weighted by molar-refractivity contribution is 6.06. The van der Waals surface area contributed by atoms with Crippen LogP contribution in [0.5, 0.6) is 5.75 Å². The van der Waals surface area contributed by atoms with E-state index in [9.17, 15) is 0 Å². The van der Waals surface area contributed by atoms with Gasteiger partial charge >= 0.3 is 0 Å². The van der Waals surface area contributed by atoms with Crippen LogP contribution in [0.4, 0.5) is 0 Å². The zero-order valence-corrected chi connectivity index (χ0v) is 23.4. The van der Waals surface area contributed by atoms with Crippen LogP contribution in [-0.4, -0.2) is 35.5 Å². The summed E-state index contributed by atoms with van der Waals surface area (Å²) in [5.41, 5.74) is 6.38. The molecule has 37 heavy (non-hydrogen) atoms. The zero-order chi connectivity index (χ0) is 26.3. The van der Waals surface area contributed by atoms with Crippen molar-refractivity contribution in [3.05, 3.63) is 41.5 Å². The Morgan fingerprint density at radius 3 is 2.54 bits per heavy atom. The fourth-order valence-corrected chi connectivity index (χ4v) is 6.58. The van der Waals surface area contributed by atoms with Crippen LogP contribution in [0, 0.1) is 25.7 Å². The van der Waals surface area contributed by atoms with Crippen molar-refractivity contribution in [2.24, 2.45) is 11.8 Å². The van der Waals surface area contributed by atoms with E-state index >= 15 is 0 Å². The van der Waals surface area contributed by atoms with Gasteiger partial charge in [0.05, 0.1) is 42.0 Å². The van der Waals surface area contributed by atoms with Gasteiger partial charge in [0.2, 0.25) is 0 Å². The standard InChI is InChI=1S/C31H41N3O3/c1-18(2)22-9-8-10-23(12-11-22)28-13-24-16-32-27-14-26(30-20(4)33-37-21(30)5)29(36-7)15-25(27)31(24)34(28)19(3)17-35-6/h13-16,18-19,22-23H,8-12,17H2,1-7H3. The Balaban J connectivity index is 1.70. The molecular weight excluding hydrogens is 462 g/mol. The summed E-state index contributed by atoms with van der Waals surface area (Å²) in [6.07, 6.45) is 8.45. The van der Waals surface area contributed by atoms with Gasteiger partial charge in [0.25, 0.3) is 0 Å². The molecule has 5 rings (SSSR count). The Bertz CT molecular complexity index is 1380. The quantitative estimate of drug-likeness (QED) is 0.239. The van der Waals surface area contributed by atoms with Crippen LogP contribution in [0.2, 0.25) is 0 Å². The summed E-state index contributed by atoms with van der Waals surface area (Å²) in [5, 5.41) is 6.45. The highest BCUT2D eigenvalue weighted by atomic mass is 16.5. The summed E-state index contributed by atoms with van der Waals surface area (Å²) in [4.78, 5) is 4.92. The van der Waals surface area contributed by atoms with Crippen molar-refractivity contribution in [1.29, 1.82) is 0 Å². The number of aromatic nitrogens is 3. The molecule has 1 saturated carbocycles. The number of fused-ring (bicyclic) bond motifs is 3. The lowest BCUT2D eigenvalue weighted by molar-refractivity contribution is 0.162. The summed E-state index contributed by atoms with van der Waals surface area (Å²) in [5.74, 6) is 3.72. The summed E-state index contributed by atoms with van der Waals surface area (Å²) < 4.78 is 19.6. The van der Waals surface area contributed by atoms with Crippen LogP contribution < -0.4 is 4.74 Å². The number of benzene rings is 1. The number of aryl methyl sites for hydroxylation is 2. The lowest BCUT2D eigenvalue weighted by atomic mass is 9.88. The first-order valence-electron chi connectivity index (χ1n) is 13.8. The normalized spacial score (nSPS) is 19.6. The average Bonchev–Trinajstić information content (AvgIpc) is 3.32. The molecule has 0 aliphatic heterocycles. The van der Waals surface area contributed by atoms with Crippen LogP contribution in [-0.2, 0) is 4.74 Å². The molecule has 4 aromatic rings. The van der Waals surface area contributed by atoms with Crippen LogP contribution in [0.3, 0.4) is 0 Å².